The zero-order chi connectivity index (χ0) is 21.5. The zero-order valence-corrected chi connectivity index (χ0v) is 17.6. The molecule has 0 aliphatic heterocycles. The molecule has 0 spiro atoms. The molecule has 1 aromatic rings. The lowest BCUT2D eigenvalue weighted by molar-refractivity contribution is 0.0339. The molecule has 0 unspecified atom stereocenters. The number of hydrogen-bond acceptors (Lipinski definition) is 6. The second-order valence-electron chi connectivity index (χ2n) is 8.20. The van der Waals surface area contributed by atoms with Crippen LogP contribution in [-0.2, 0) is 20.8 Å². The molecule has 1 rings (SSSR count). The van der Waals surface area contributed by atoms with Crippen molar-refractivity contribution in [2.45, 2.75) is 66.2 Å². The Morgan fingerprint density at radius 2 is 1.43 bits per heavy atom. The fraction of sp³-hybridized carbons (Fsp3) is 0.550. The van der Waals surface area contributed by atoms with Gasteiger partial charge in [0.25, 0.3) is 0 Å². The van der Waals surface area contributed by atoms with E-state index in [1.165, 1.54) is 0 Å². The van der Waals surface area contributed by atoms with Gasteiger partial charge in [0.1, 0.15) is 11.2 Å². The number of ether oxygens (including phenoxy) is 3. The van der Waals surface area contributed by atoms with Gasteiger partial charge in [0.2, 0.25) is 0 Å². The van der Waals surface area contributed by atoms with Crippen LogP contribution in [0.5, 0.6) is 0 Å². The van der Waals surface area contributed by atoms with E-state index >= 15 is 0 Å². The van der Waals surface area contributed by atoms with Crippen LogP contribution in [-0.4, -0.2) is 36.1 Å². The number of hydrogen-bond donors (Lipinski definition) is 2. The van der Waals surface area contributed by atoms with Crippen molar-refractivity contribution >= 4 is 18.2 Å². The molecule has 8 heteroatoms. The number of esters is 1. The predicted molar refractivity (Wildman–Crippen MR) is 104 cm³/mol. The molecule has 0 atom stereocenters. The highest BCUT2D eigenvalue weighted by Gasteiger charge is 2.18. The smallest absolute Gasteiger partial charge is 0.410 e. The Labute approximate surface area is 165 Å². The van der Waals surface area contributed by atoms with E-state index in [2.05, 4.69) is 10.6 Å². The maximum atomic E-state index is 12.3. The van der Waals surface area contributed by atoms with Gasteiger partial charge in [-0.25, -0.2) is 14.4 Å². The van der Waals surface area contributed by atoms with Crippen molar-refractivity contribution in [3.8, 4) is 0 Å². The van der Waals surface area contributed by atoms with E-state index in [0.717, 1.165) is 5.56 Å². The lowest BCUT2D eigenvalue weighted by atomic mass is 10.0. The minimum Gasteiger partial charge on any atom is -0.444 e. The van der Waals surface area contributed by atoms with Crippen LogP contribution in [0.15, 0.2) is 18.2 Å². The highest BCUT2D eigenvalue weighted by Crippen LogP contribution is 2.15. The van der Waals surface area contributed by atoms with Gasteiger partial charge >= 0.3 is 18.2 Å². The quantitative estimate of drug-likeness (QED) is 0.449. The summed E-state index contributed by atoms with van der Waals surface area (Å²) < 4.78 is 15.3. The Kier molecular flexibility index (Phi) is 7.84. The fourth-order valence-electron chi connectivity index (χ4n) is 2.13. The van der Waals surface area contributed by atoms with Crippen molar-refractivity contribution in [1.29, 1.82) is 0 Å². The molecule has 0 saturated carbocycles. The van der Waals surface area contributed by atoms with Crippen molar-refractivity contribution in [2.24, 2.45) is 0 Å². The van der Waals surface area contributed by atoms with Crippen LogP contribution >= 0.6 is 0 Å². The summed E-state index contributed by atoms with van der Waals surface area (Å²) in [5.41, 5.74) is 0.530. The lowest BCUT2D eigenvalue weighted by Crippen LogP contribution is -2.34. The molecule has 0 saturated heterocycles. The van der Waals surface area contributed by atoms with Gasteiger partial charge in [-0.15, -0.1) is 0 Å². The van der Waals surface area contributed by atoms with Crippen LogP contribution in [0.1, 0.15) is 63.0 Å². The number of nitrogens with one attached hydrogen (secondary N) is 2. The van der Waals surface area contributed by atoms with Gasteiger partial charge in [-0.2, -0.15) is 0 Å². The Balaban J connectivity index is 2.62. The van der Waals surface area contributed by atoms with Crippen molar-refractivity contribution in [3.05, 3.63) is 34.9 Å². The fourth-order valence-corrected chi connectivity index (χ4v) is 2.13. The third-order valence-electron chi connectivity index (χ3n) is 3.31. The molecule has 2 N–H and O–H groups in total. The highest BCUT2D eigenvalue weighted by atomic mass is 16.6. The summed E-state index contributed by atoms with van der Waals surface area (Å²) in [6.07, 6.45) is -1.21. The van der Waals surface area contributed by atoms with Gasteiger partial charge in [-0.05, 0) is 65.7 Å². The summed E-state index contributed by atoms with van der Waals surface area (Å²) in [5, 5.41) is 5.01. The third-order valence-corrected chi connectivity index (χ3v) is 3.31. The third kappa shape index (κ3) is 8.75. The van der Waals surface area contributed by atoms with Gasteiger partial charge in [0.15, 0.2) is 6.73 Å². The Hall–Kier alpha value is -2.77. The number of benzene rings is 1. The first-order valence-corrected chi connectivity index (χ1v) is 8.98. The maximum Gasteiger partial charge on any atom is 0.410 e. The normalized spacial score (nSPS) is 11.4. The molecular formula is C20H30N2O6. The molecule has 0 aliphatic rings. The summed E-state index contributed by atoms with van der Waals surface area (Å²) >= 11 is 0. The van der Waals surface area contributed by atoms with E-state index in [4.69, 9.17) is 14.2 Å². The molecule has 0 aliphatic carbocycles. The standard InChI is InChI=1S/C20H30N2O6/c1-13-14(11-21-17(24)27-19(2,3)4)9-8-10-15(13)16(23)26-12-22-18(25)28-20(5,6)7/h8-10H,11-12H2,1-7H3,(H,21,24)(H,22,25). The van der Waals surface area contributed by atoms with Gasteiger partial charge in [0, 0.05) is 6.54 Å². The molecule has 156 valence electrons. The van der Waals surface area contributed by atoms with E-state index < -0.39 is 29.4 Å². The zero-order valence-electron chi connectivity index (χ0n) is 17.6. The van der Waals surface area contributed by atoms with Crippen molar-refractivity contribution in [2.75, 3.05) is 6.73 Å². The number of carbonyl (C=O) groups is 3. The van der Waals surface area contributed by atoms with Crippen molar-refractivity contribution in [1.82, 2.24) is 10.6 Å². The molecule has 0 fully saturated rings. The van der Waals surface area contributed by atoms with Gasteiger partial charge in [-0.1, -0.05) is 12.1 Å². The topological polar surface area (TPSA) is 103 Å². The number of carbonyl (C=O) groups excluding carboxylic acids is 3. The van der Waals surface area contributed by atoms with E-state index in [1.54, 1.807) is 66.7 Å². The summed E-state index contributed by atoms with van der Waals surface area (Å²) in [7, 11) is 0. The van der Waals surface area contributed by atoms with Crippen molar-refractivity contribution in [3.63, 3.8) is 0 Å². The van der Waals surface area contributed by atoms with Crippen LogP contribution in [0, 0.1) is 6.92 Å². The molecule has 2 amide bonds. The van der Waals surface area contributed by atoms with Crippen LogP contribution in [0.2, 0.25) is 0 Å². The molecular weight excluding hydrogens is 364 g/mol. The monoisotopic (exact) mass is 394 g/mol. The first-order valence-electron chi connectivity index (χ1n) is 8.98. The minimum absolute atomic E-state index is 0.206. The van der Waals surface area contributed by atoms with Gasteiger partial charge in [-0.3, -0.25) is 5.32 Å². The summed E-state index contributed by atoms with van der Waals surface area (Å²) in [6.45, 7) is 12.2. The second kappa shape index (κ2) is 9.43. The average Bonchev–Trinajstić information content (AvgIpc) is 2.50. The van der Waals surface area contributed by atoms with Crippen LogP contribution in [0.4, 0.5) is 9.59 Å². The minimum atomic E-state index is -0.674. The van der Waals surface area contributed by atoms with Gasteiger partial charge in [0.05, 0.1) is 5.56 Å². The van der Waals surface area contributed by atoms with Crippen LogP contribution in [0.3, 0.4) is 0 Å². The molecule has 0 bridgehead atoms. The Bertz CT molecular complexity index is 716. The molecule has 28 heavy (non-hydrogen) atoms. The molecule has 0 aromatic heterocycles. The summed E-state index contributed by atoms with van der Waals surface area (Å²) in [6, 6.07) is 5.10. The van der Waals surface area contributed by atoms with Gasteiger partial charge < -0.3 is 19.5 Å². The molecule has 0 heterocycles. The SMILES string of the molecule is Cc1c(CNC(=O)OC(C)(C)C)cccc1C(=O)OCNC(=O)OC(C)(C)C. The van der Waals surface area contributed by atoms with E-state index in [-0.39, 0.29) is 13.3 Å². The number of amides is 2. The molecule has 8 nitrogen and oxygen atoms in total. The Morgan fingerprint density at radius 1 is 0.893 bits per heavy atom. The number of alkyl carbamates (subject to hydrolysis) is 2. The highest BCUT2D eigenvalue weighted by molar-refractivity contribution is 5.91. The molecule has 0 radical (unpaired) electrons. The maximum absolute atomic E-state index is 12.3. The first kappa shape index (κ1) is 23.3. The largest absolute Gasteiger partial charge is 0.444 e. The van der Waals surface area contributed by atoms with Crippen LogP contribution < -0.4 is 10.6 Å². The van der Waals surface area contributed by atoms with E-state index in [1.807, 2.05) is 0 Å². The Morgan fingerprint density at radius 3 is 1.96 bits per heavy atom. The second-order valence-corrected chi connectivity index (χ2v) is 8.20. The summed E-state index contributed by atoms with van der Waals surface area (Å²) in [5.74, 6) is -0.590. The summed E-state index contributed by atoms with van der Waals surface area (Å²) in [4.78, 5) is 35.6. The molecule has 1 aromatic carbocycles. The van der Waals surface area contributed by atoms with Crippen LogP contribution in [0.25, 0.3) is 0 Å². The average molecular weight is 394 g/mol. The first-order chi connectivity index (χ1) is 12.8. The van der Waals surface area contributed by atoms with Crippen molar-refractivity contribution < 1.29 is 28.6 Å². The van der Waals surface area contributed by atoms with E-state index in [0.29, 0.717) is 11.1 Å². The van der Waals surface area contributed by atoms with E-state index in [9.17, 15) is 14.4 Å². The predicted octanol–water partition coefficient (Wildman–Crippen LogP) is 3.66. The lowest BCUT2D eigenvalue weighted by Gasteiger charge is -2.20. The number of rotatable bonds is 5.